The van der Waals surface area contributed by atoms with Crippen LogP contribution < -0.4 is 5.32 Å². The Morgan fingerprint density at radius 1 is 1.64 bits per heavy atom. The normalized spacial score (nSPS) is 21.6. The summed E-state index contributed by atoms with van der Waals surface area (Å²) in [5.41, 5.74) is 1.39. The van der Waals surface area contributed by atoms with Gasteiger partial charge in [0.05, 0.1) is 0 Å². The van der Waals surface area contributed by atoms with Gasteiger partial charge in [-0.15, -0.1) is 0 Å². The average Bonchev–Trinajstić information content (AvgIpc) is 2.77. The van der Waals surface area contributed by atoms with Gasteiger partial charge in [0.25, 0.3) is 0 Å². The molecule has 2 heterocycles. The molecule has 2 nitrogen and oxygen atoms in total. The van der Waals surface area contributed by atoms with Crippen molar-refractivity contribution < 1.29 is 0 Å². The fourth-order valence-electron chi connectivity index (χ4n) is 1.83. The van der Waals surface area contributed by atoms with Crippen molar-refractivity contribution >= 4 is 11.8 Å². The smallest absolute Gasteiger partial charge is 0.0220 e. The Hall–Kier alpha value is -0.410. The monoisotopic (exact) mass is 210 g/mol. The Morgan fingerprint density at radius 3 is 3.21 bits per heavy atom. The van der Waals surface area contributed by atoms with E-state index in [0.717, 1.165) is 12.5 Å². The molecule has 1 unspecified atom stereocenters. The summed E-state index contributed by atoms with van der Waals surface area (Å²) in [6.45, 7) is 2.20. The predicted octanol–water partition coefficient (Wildman–Crippen LogP) is 1.87. The zero-order valence-electron chi connectivity index (χ0n) is 8.70. The van der Waals surface area contributed by atoms with E-state index in [4.69, 9.17) is 0 Å². The highest BCUT2D eigenvalue weighted by atomic mass is 32.2. The predicted molar refractivity (Wildman–Crippen MR) is 62.6 cm³/mol. The van der Waals surface area contributed by atoms with E-state index in [0.29, 0.717) is 0 Å². The van der Waals surface area contributed by atoms with E-state index in [1.807, 2.05) is 0 Å². The van der Waals surface area contributed by atoms with Gasteiger partial charge in [-0.25, -0.2) is 0 Å². The molecule has 0 radical (unpaired) electrons. The van der Waals surface area contributed by atoms with Crippen LogP contribution in [0.15, 0.2) is 18.5 Å². The lowest BCUT2D eigenvalue weighted by molar-refractivity contribution is 0.523. The third kappa shape index (κ3) is 2.79. The van der Waals surface area contributed by atoms with Crippen LogP contribution in [-0.4, -0.2) is 22.6 Å². The van der Waals surface area contributed by atoms with Crippen molar-refractivity contribution in [2.24, 2.45) is 13.0 Å². The van der Waals surface area contributed by atoms with Crippen molar-refractivity contribution in [2.45, 2.75) is 13.0 Å². The van der Waals surface area contributed by atoms with Gasteiger partial charge in [-0.1, -0.05) is 0 Å². The second kappa shape index (κ2) is 4.89. The first kappa shape index (κ1) is 10.1. The second-order valence-electron chi connectivity index (χ2n) is 4.05. The van der Waals surface area contributed by atoms with Crippen LogP contribution in [-0.2, 0) is 13.6 Å². The van der Waals surface area contributed by atoms with Crippen LogP contribution in [0.25, 0.3) is 0 Å². The molecule has 0 spiro atoms. The first-order valence-corrected chi connectivity index (χ1v) is 6.39. The summed E-state index contributed by atoms with van der Waals surface area (Å²) in [6, 6.07) is 2.18. The van der Waals surface area contributed by atoms with Crippen molar-refractivity contribution in [3.8, 4) is 0 Å². The maximum Gasteiger partial charge on any atom is 0.0220 e. The van der Waals surface area contributed by atoms with Crippen molar-refractivity contribution in [1.82, 2.24) is 9.88 Å². The molecule has 2 rings (SSSR count). The Bertz CT molecular complexity index is 277. The molecule has 0 amide bonds. The van der Waals surface area contributed by atoms with Gasteiger partial charge in [0, 0.05) is 26.0 Å². The number of hydrogen-bond acceptors (Lipinski definition) is 2. The fraction of sp³-hybridized carbons (Fsp3) is 0.636. The third-order valence-corrected chi connectivity index (χ3v) is 3.91. The molecule has 0 aliphatic carbocycles. The molecule has 1 saturated heterocycles. The number of nitrogens with zero attached hydrogens (tertiary/aromatic N) is 1. The molecule has 1 aromatic rings. The molecular weight excluding hydrogens is 192 g/mol. The van der Waals surface area contributed by atoms with Gasteiger partial charge in [-0.2, -0.15) is 11.8 Å². The van der Waals surface area contributed by atoms with Crippen LogP contribution in [0.1, 0.15) is 12.0 Å². The fourth-order valence-corrected chi connectivity index (χ4v) is 3.11. The molecule has 1 aromatic heterocycles. The summed E-state index contributed by atoms with van der Waals surface area (Å²) >= 11 is 2.09. The molecule has 0 saturated carbocycles. The van der Waals surface area contributed by atoms with Crippen LogP contribution >= 0.6 is 11.8 Å². The quantitative estimate of drug-likeness (QED) is 0.817. The number of nitrogens with one attached hydrogen (secondary N) is 1. The van der Waals surface area contributed by atoms with E-state index in [2.05, 4.69) is 47.2 Å². The summed E-state index contributed by atoms with van der Waals surface area (Å²) in [4.78, 5) is 0. The molecule has 1 N–H and O–H groups in total. The Kier molecular flexibility index (Phi) is 3.54. The molecule has 1 atom stereocenters. The van der Waals surface area contributed by atoms with Gasteiger partial charge in [-0.05, 0) is 42.0 Å². The van der Waals surface area contributed by atoms with Crippen LogP contribution in [0.5, 0.6) is 0 Å². The maximum atomic E-state index is 3.53. The Morgan fingerprint density at radius 2 is 2.57 bits per heavy atom. The topological polar surface area (TPSA) is 17.0 Å². The van der Waals surface area contributed by atoms with Gasteiger partial charge >= 0.3 is 0 Å². The summed E-state index contributed by atoms with van der Waals surface area (Å²) in [7, 11) is 2.07. The standard InChI is InChI=1S/C11H18N2S/c1-13-4-2-10(8-13)6-12-7-11-3-5-14-9-11/h2,4,8,11-12H,3,5-7,9H2,1H3. The van der Waals surface area contributed by atoms with Crippen molar-refractivity contribution in [3.63, 3.8) is 0 Å². The first-order chi connectivity index (χ1) is 6.84. The minimum atomic E-state index is 0.906. The lowest BCUT2D eigenvalue weighted by Crippen LogP contribution is -2.21. The van der Waals surface area contributed by atoms with Crippen molar-refractivity contribution in [3.05, 3.63) is 24.0 Å². The van der Waals surface area contributed by atoms with Gasteiger partial charge in [0.15, 0.2) is 0 Å². The highest BCUT2D eigenvalue weighted by Crippen LogP contribution is 2.22. The number of hydrogen-bond donors (Lipinski definition) is 1. The lowest BCUT2D eigenvalue weighted by Gasteiger charge is -2.08. The highest BCUT2D eigenvalue weighted by Gasteiger charge is 2.14. The van der Waals surface area contributed by atoms with E-state index in [-0.39, 0.29) is 0 Å². The zero-order valence-corrected chi connectivity index (χ0v) is 9.52. The van der Waals surface area contributed by atoms with E-state index >= 15 is 0 Å². The molecule has 1 fully saturated rings. The largest absolute Gasteiger partial charge is 0.357 e. The molecule has 78 valence electrons. The first-order valence-electron chi connectivity index (χ1n) is 5.24. The van der Waals surface area contributed by atoms with E-state index < -0.39 is 0 Å². The van der Waals surface area contributed by atoms with Crippen LogP contribution in [0.3, 0.4) is 0 Å². The molecule has 0 aromatic carbocycles. The Labute approximate surface area is 90.1 Å². The third-order valence-electron chi connectivity index (χ3n) is 2.68. The number of thioether (sulfide) groups is 1. The van der Waals surface area contributed by atoms with E-state index in [1.54, 1.807) is 0 Å². The number of aromatic nitrogens is 1. The van der Waals surface area contributed by atoms with Crippen molar-refractivity contribution in [1.29, 1.82) is 0 Å². The molecule has 3 heteroatoms. The van der Waals surface area contributed by atoms with E-state index in [9.17, 15) is 0 Å². The Balaban J connectivity index is 1.67. The van der Waals surface area contributed by atoms with E-state index in [1.165, 1.54) is 30.0 Å². The van der Waals surface area contributed by atoms with Gasteiger partial charge in [-0.3, -0.25) is 0 Å². The summed E-state index contributed by atoms with van der Waals surface area (Å²) in [5.74, 6) is 3.61. The van der Waals surface area contributed by atoms with Gasteiger partial charge < -0.3 is 9.88 Å². The maximum absolute atomic E-state index is 3.53. The number of rotatable bonds is 4. The number of aryl methyl sites for hydroxylation is 1. The van der Waals surface area contributed by atoms with Crippen molar-refractivity contribution in [2.75, 3.05) is 18.1 Å². The van der Waals surface area contributed by atoms with Crippen LogP contribution in [0, 0.1) is 5.92 Å². The minimum absolute atomic E-state index is 0.906. The van der Waals surface area contributed by atoms with Gasteiger partial charge in [0.2, 0.25) is 0 Å². The average molecular weight is 210 g/mol. The summed E-state index contributed by atoms with van der Waals surface area (Å²) < 4.78 is 2.10. The molecular formula is C11H18N2S. The summed E-state index contributed by atoms with van der Waals surface area (Å²) in [5, 5.41) is 3.53. The minimum Gasteiger partial charge on any atom is -0.357 e. The lowest BCUT2D eigenvalue weighted by atomic mass is 10.1. The highest BCUT2D eigenvalue weighted by molar-refractivity contribution is 7.99. The molecule has 0 bridgehead atoms. The van der Waals surface area contributed by atoms with Crippen LogP contribution in [0.4, 0.5) is 0 Å². The molecule has 14 heavy (non-hydrogen) atoms. The summed E-state index contributed by atoms with van der Waals surface area (Å²) in [6.07, 6.45) is 5.67. The van der Waals surface area contributed by atoms with Gasteiger partial charge in [0.1, 0.15) is 0 Å². The zero-order chi connectivity index (χ0) is 9.80. The second-order valence-corrected chi connectivity index (χ2v) is 5.20. The SMILES string of the molecule is Cn1ccc(CNCC2CCSC2)c1. The van der Waals surface area contributed by atoms with Crippen LogP contribution in [0.2, 0.25) is 0 Å². The molecule has 1 aliphatic rings. The molecule has 1 aliphatic heterocycles.